The van der Waals surface area contributed by atoms with Crippen LogP contribution < -0.4 is 16.8 Å². The van der Waals surface area contributed by atoms with Gasteiger partial charge in [-0.25, -0.2) is 0 Å². The van der Waals surface area contributed by atoms with Gasteiger partial charge >= 0.3 is 0 Å². The van der Waals surface area contributed by atoms with Gasteiger partial charge in [0, 0.05) is 37.1 Å². The molecule has 1 aromatic rings. The number of nitrogens with two attached hydrogens (primary N) is 2. The summed E-state index contributed by atoms with van der Waals surface area (Å²) in [5.41, 5.74) is 12.3. The number of nitrogens with zero attached hydrogens (tertiary/aromatic N) is 1. The first kappa shape index (κ1) is 14.2. The topological polar surface area (TPSA) is 101 Å². The molecule has 1 saturated heterocycles. The van der Waals surface area contributed by atoms with E-state index in [-0.39, 0.29) is 11.8 Å². The van der Waals surface area contributed by atoms with Crippen molar-refractivity contribution >= 4 is 23.2 Å². The van der Waals surface area contributed by atoms with Gasteiger partial charge in [0.2, 0.25) is 5.91 Å². The maximum absolute atomic E-state index is 12.4. The summed E-state index contributed by atoms with van der Waals surface area (Å²) in [5, 5.41) is 2.65. The van der Waals surface area contributed by atoms with Gasteiger partial charge in [0.05, 0.1) is 5.41 Å². The fraction of sp³-hybridized carbons (Fsp3) is 0.429. The summed E-state index contributed by atoms with van der Waals surface area (Å²) >= 11 is 0. The summed E-state index contributed by atoms with van der Waals surface area (Å²) in [6.07, 6.45) is 0.649. The molecule has 1 unspecified atom stereocenters. The van der Waals surface area contributed by atoms with Crippen molar-refractivity contribution in [3.8, 4) is 0 Å². The first-order valence-electron chi connectivity index (χ1n) is 6.53. The lowest BCUT2D eigenvalue weighted by Crippen LogP contribution is -2.40. The second-order valence-corrected chi connectivity index (χ2v) is 5.50. The quantitative estimate of drug-likeness (QED) is 0.682. The zero-order valence-corrected chi connectivity index (χ0v) is 11.8. The molecule has 0 aromatic heterocycles. The SMILES string of the molecule is CNC(=O)C1(C)CCN(C(=O)c2cc(N)cc(N)c2)C1. The Hall–Kier alpha value is -2.24. The number of carbonyl (C=O) groups excluding carboxylic acids is 2. The third-order valence-corrected chi connectivity index (χ3v) is 3.76. The largest absolute Gasteiger partial charge is 0.399 e. The van der Waals surface area contributed by atoms with Crippen LogP contribution in [0.25, 0.3) is 0 Å². The number of rotatable bonds is 2. The molecule has 1 fully saturated rings. The highest BCUT2D eigenvalue weighted by Crippen LogP contribution is 2.31. The van der Waals surface area contributed by atoms with E-state index in [9.17, 15) is 9.59 Å². The zero-order chi connectivity index (χ0) is 14.9. The molecule has 20 heavy (non-hydrogen) atoms. The molecule has 1 aliphatic rings. The van der Waals surface area contributed by atoms with Gasteiger partial charge in [-0.2, -0.15) is 0 Å². The standard InChI is InChI=1S/C14H20N4O2/c1-14(13(20)17-2)3-4-18(8-14)12(19)9-5-10(15)7-11(16)6-9/h5-7H,3-4,8,15-16H2,1-2H3,(H,17,20). The Bertz CT molecular complexity index is 538. The molecule has 1 aromatic carbocycles. The first-order chi connectivity index (χ1) is 9.35. The van der Waals surface area contributed by atoms with E-state index in [1.165, 1.54) is 0 Å². The van der Waals surface area contributed by atoms with E-state index in [0.717, 1.165) is 0 Å². The number of amides is 2. The van der Waals surface area contributed by atoms with E-state index in [1.807, 2.05) is 6.92 Å². The molecule has 1 atom stereocenters. The van der Waals surface area contributed by atoms with Crippen LogP contribution in [0.1, 0.15) is 23.7 Å². The number of hydrogen-bond acceptors (Lipinski definition) is 4. The van der Waals surface area contributed by atoms with Crippen LogP contribution in [0, 0.1) is 5.41 Å². The number of hydrogen-bond donors (Lipinski definition) is 3. The Morgan fingerprint density at radius 3 is 2.40 bits per heavy atom. The second kappa shape index (κ2) is 5.03. The highest BCUT2D eigenvalue weighted by Gasteiger charge is 2.41. The molecule has 6 heteroatoms. The van der Waals surface area contributed by atoms with Crippen LogP contribution >= 0.6 is 0 Å². The van der Waals surface area contributed by atoms with Crippen molar-refractivity contribution in [2.24, 2.45) is 5.41 Å². The van der Waals surface area contributed by atoms with Crippen molar-refractivity contribution < 1.29 is 9.59 Å². The lowest BCUT2D eigenvalue weighted by Gasteiger charge is -2.23. The van der Waals surface area contributed by atoms with Crippen LogP contribution in [0.3, 0.4) is 0 Å². The van der Waals surface area contributed by atoms with Crippen molar-refractivity contribution in [2.75, 3.05) is 31.6 Å². The van der Waals surface area contributed by atoms with Crippen LogP contribution in [-0.4, -0.2) is 36.9 Å². The highest BCUT2D eigenvalue weighted by atomic mass is 16.2. The molecule has 5 N–H and O–H groups in total. The Balaban J connectivity index is 2.17. The number of benzene rings is 1. The fourth-order valence-electron chi connectivity index (χ4n) is 2.60. The molecule has 1 heterocycles. The average Bonchev–Trinajstić information content (AvgIpc) is 2.79. The van der Waals surface area contributed by atoms with Crippen LogP contribution in [-0.2, 0) is 4.79 Å². The molecular weight excluding hydrogens is 256 g/mol. The molecule has 6 nitrogen and oxygen atoms in total. The van der Waals surface area contributed by atoms with Crippen LogP contribution in [0.5, 0.6) is 0 Å². The van der Waals surface area contributed by atoms with Crippen molar-refractivity contribution in [1.82, 2.24) is 10.2 Å². The monoisotopic (exact) mass is 276 g/mol. The van der Waals surface area contributed by atoms with Crippen LogP contribution in [0.2, 0.25) is 0 Å². The first-order valence-corrected chi connectivity index (χ1v) is 6.53. The van der Waals surface area contributed by atoms with E-state index < -0.39 is 5.41 Å². The Morgan fingerprint density at radius 2 is 1.85 bits per heavy atom. The Kier molecular flexibility index (Phi) is 3.57. The lowest BCUT2D eigenvalue weighted by atomic mass is 9.89. The smallest absolute Gasteiger partial charge is 0.254 e. The third-order valence-electron chi connectivity index (χ3n) is 3.76. The molecule has 0 bridgehead atoms. The van der Waals surface area contributed by atoms with E-state index in [1.54, 1.807) is 30.1 Å². The fourth-order valence-corrected chi connectivity index (χ4v) is 2.60. The van der Waals surface area contributed by atoms with Gasteiger partial charge < -0.3 is 21.7 Å². The molecular formula is C14H20N4O2. The Morgan fingerprint density at radius 1 is 1.25 bits per heavy atom. The van der Waals surface area contributed by atoms with E-state index >= 15 is 0 Å². The van der Waals surface area contributed by atoms with Gasteiger partial charge in [0.15, 0.2) is 0 Å². The molecule has 0 aliphatic carbocycles. The minimum Gasteiger partial charge on any atom is -0.399 e. The molecule has 2 rings (SSSR count). The van der Waals surface area contributed by atoms with Crippen molar-refractivity contribution in [1.29, 1.82) is 0 Å². The van der Waals surface area contributed by atoms with E-state index in [4.69, 9.17) is 11.5 Å². The molecule has 1 aliphatic heterocycles. The van der Waals surface area contributed by atoms with Gasteiger partial charge in [0.1, 0.15) is 0 Å². The molecule has 108 valence electrons. The van der Waals surface area contributed by atoms with Gasteiger partial charge in [-0.3, -0.25) is 9.59 Å². The van der Waals surface area contributed by atoms with Crippen molar-refractivity contribution in [3.63, 3.8) is 0 Å². The predicted molar refractivity (Wildman–Crippen MR) is 78.0 cm³/mol. The number of likely N-dealkylation sites (tertiary alicyclic amines) is 1. The van der Waals surface area contributed by atoms with Gasteiger partial charge in [0.25, 0.3) is 5.91 Å². The predicted octanol–water partition coefficient (Wildman–Crippen LogP) is 0.449. The van der Waals surface area contributed by atoms with Crippen LogP contribution in [0.15, 0.2) is 18.2 Å². The lowest BCUT2D eigenvalue weighted by molar-refractivity contribution is -0.128. The molecule has 0 saturated carbocycles. The minimum atomic E-state index is -0.531. The summed E-state index contributed by atoms with van der Waals surface area (Å²) in [7, 11) is 1.61. The van der Waals surface area contributed by atoms with E-state index in [0.29, 0.717) is 36.4 Å². The summed E-state index contributed by atoms with van der Waals surface area (Å²) in [6.45, 7) is 2.82. The van der Waals surface area contributed by atoms with Gasteiger partial charge in [-0.15, -0.1) is 0 Å². The van der Waals surface area contributed by atoms with Gasteiger partial charge in [-0.1, -0.05) is 0 Å². The minimum absolute atomic E-state index is 0.0418. The van der Waals surface area contributed by atoms with Gasteiger partial charge in [-0.05, 0) is 31.5 Å². The van der Waals surface area contributed by atoms with Crippen molar-refractivity contribution in [2.45, 2.75) is 13.3 Å². The third kappa shape index (κ3) is 2.54. The summed E-state index contributed by atoms with van der Waals surface area (Å²) < 4.78 is 0. The number of anilines is 2. The molecule has 2 amide bonds. The summed E-state index contributed by atoms with van der Waals surface area (Å²) in [6, 6.07) is 4.82. The number of carbonyl (C=O) groups is 2. The molecule has 0 radical (unpaired) electrons. The average molecular weight is 276 g/mol. The maximum atomic E-state index is 12.4. The second-order valence-electron chi connectivity index (χ2n) is 5.50. The van der Waals surface area contributed by atoms with Crippen LogP contribution in [0.4, 0.5) is 11.4 Å². The number of nitrogen functional groups attached to an aromatic ring is 2. The Labute approximate surface area is 118 Å². The highest BCUT2D eigenvalue weighted by molar-refractivity contribution is 5.97. The number of nitrogens with one attached hydrogen (secondary N) is 1. The maximum Gasteiger partial charge on any atom is 0.254 e. The van der Waals surface area contributed by atoms with E-state index in [2.05, 4.69) is 5.32 Å². The van der Waals surface area contributed by atoms with Crippen molar-refractivity contribution in [3.05, 3.63) is 23.8 Å². The zero-order valence-electron chi connectivity index (χ0n) is 11.8. The summed E-state index contributed by atoms with van der Waals surface area (Å²) in [5.74, 6) is -0.184. The normalized spacial score (nSPS) is 21.8. The molecule has 0 spiro atoms. The summed E-state index contributed by atoms with van der Waals surface area (Å²) in [4.78, 5) is 26.0.